The summed E-state index contributed by atoms with van der Waals surface area (Å²) in [5.41, 5.74) is 5.89. The third-order valence-corrected chi connectivity index (χ3v) is 3.61. The minimum atomic E-state index is -0.470. The molecule has 1 aliphatic heterocycles. The predicted molar refractivity (Wildman–Crippen MR) is 63.5 cm³/mol. The zero-order valence-corrected chi connectivity index (χ0v) is 10.00. The molecule has 0 radical (unpaired) electrons. The van der Waals surface area contributed by atoms with Crippen LogP contribution in [0.15, 0.2) is 18.2 Å². The quantitative estimate of drug-likeness (QED) is 0.859. The minimum absolute atomic E-state index is 0.125. The van der Waals surface area contributed by atoms with Crippen molar-refractivity contribution < 1.29 is 8.78 Å². The highest BCUT2D eigenvalue weighted by Gasteiger charge is 2.33. The monoisotopic (exact) mass is 240 g/mol. The second kappa shape index (κ2) is 5.10. The first-order valence-electron chi connectivity index (χ1n) is 5.99. The molecule has 2 nitrogen and oxygen atoms in total. The molecular formula is C13H18F2N2. The van der Waals surface area contributed by atoms with Gasteiger partial charge in [0.2, 0.25) is 0 Å². The Morgan fingerprint density at radius 3 is 2.59 bits per heavy atom. The van der Waals surface area contributed by atoms with Crippen LogP contribution in [0.3, 0.4) is 0 Å². The summed E-state index contributed by atoms with van der Waals surface area (Å²) in [6.45, 7) is 1.32. The van der Waals surface area contributed by atoms with Gasteiger partial charge in [0.05, 0.1) is 0 Å². The number of nitrogens with two attached hydrogens (primary N) is 1. The van der Waals surface area contributed by atoms with E-state index < -0.39 is 11.6 Å². The lowest BCUT2D eigenvalue weighted by Gasteiger charge is -2.39. The average molecular weight is 240 g/mol. The lowest BCUT2D eigenvalue weighted by molar-refractivity contribution is 0.119. The molecule has 0 aromatic heterocycles. The summed E-state index contributed by atoms with van der Waals surface area (Å²) in [7, 11) is 1.90. The van der Waals surface area contributed by atoms with Crippen LogP contribution in [0.4, 0.5) is 8.78 Å². The fourth-order valence-electron chi connectivity index (χ4n) is 2.76. The zero-order chi connectivity index (χ0) is 12.4. The largest absolute Gasteiger partial charge is 0.330 e. The Labute approximate surface area is 100 Å². The van der Waals surface area contributed by atoms with Gasteiger partial charge in [-0.25, -0.2) is 8.78 Å². The van der Waals surface area contributed by atoms with Gasteiger partial charge in [0.15, 0.2) is 0 Å². The first-order chi connectivity index (χ1) is 8.15. The van der Waals surface area contributed by atoms with Crippen LogP contribution in [0.2, 0.25) is 0 Å². The first kappa shape index (κ1) is 12.5. The van der Waals surface area contributed by atoms with E-state index in [1.807, 2.05) is 11.9 Å². The zero-order valence-electron chi connectivity index (χ0n) is 10.00. The summed E-state index contributed by atoms with van der Waals surface area (Å²) in [6.07, 6.45) is 1.96. The van der Waals surface area contributed by atoms with Gasteiger partial charge in [-0.05, 0) is 51.0 Å². The van der Waals surface area contributed by atoms with Gasteiger partial charge in [-0.1, -0.05) is 6.07 Å². The molecule has 0 bridgehead atoms. The summed E-state index contributed by atoms with van der Waals surface area (Å²) in [6, 6.07) is 3.78. The molecule has 0 spiro atoms. The number of piperidine rings is 1. The predicted octanol–water partition coefficient (Wildman–Crippen LogP) is 2.31. The van der Waals surface area contributed by atoms with Crippen LogP contribution in [0.25, 0.3) is 0 Å². The van der Waals surface area contributed by atoms with E-state index in [2.05, 4.69) is 0 Å². The van der Waals surface area contributed by atoms with Crippen molar-refractivity contribution in [1.29, 1.82) is 0 Å². The van der Waals surface area contributed by atoms with E-state index in [1.165, 1.54) is 18.2 Å². The Bertz CT molecular complexity index is 375. The number of rotatable bonds is 2. The molecule has 1 aromatic carbocycles. The molecular weight excluding hydrogens is 222 g/mol. The molecule has 0 aliphatic carbocycles. The molecule has 1 saturated heterocycles. The van der Waals surface area contributed by atoms with Gasteiger partial charge >= 0.3 is 0 Å². The van der Waals surface area contributed by atoms with Crippen molar-refractivity contribution in [3.8, 4) is 0 Å². The van der Waals surface area contributed by atoms with Crippen LogP contribution in [-0.2, 0) is 0 Å². The number of hydrogen-bond acceptors (Lipinski definition) is 2. The van der Waals surface area contributed by atoms with Gasteiger partial charge in [-0.3, -0.25) is 4.90 Å². The molecule has 2 unspecified atom stereocenters. The van der Waals surface area contributed by atoms with Crippen molar-refractivity contribution in [3.05, 3.63) is 35.4 Å². The van der Waals surface area contributed by atoms with Crippen molar-refractivity contribution in [1.82, 2.24) is 4.90 Å². The Morgan fingerprint density at radius 2 is 2.00 bits per heavy atom. The molecule has 1 aromatic rings. The number of hydrogen-bond donors (Lipinski definition) is 1. The fraction of sp³-hybridized carbons (Fsp3) is 0.538. The molecule has 0 amide bonds. The lowest BCUT2D eigenvalue weighted by Crippen LogP contribution is -2.40. The number of nitrogens with zero attached hydrogens (tertiary/aromatic N) is 1. The number of benzene rings is 1. The fourth-order valence-corrected chi connectivity index (χ4v) is 2.76. The topological polar surface area (TPSA) is 29.3 Å². The van der Waals surface area contributed by atoms with E-state index in [0.717, 1.165) is 19.4 Å². The van der Waals surface area contributed by atoms with Crippen molar-refractivity contribution in [2.75, 3.05) is 20.1 Å². The summed E-state index contributed by atoms with van der Waals surface area (Å²) in [5.74, 6) is -0.815. The SMILES string of the molecule is CN1CCCC(CN)C1c1c(F)cccc1F. The van der Waals surface area contributed by atoms with Crippen LogP contribution in [0.5, 0.6) is 0 Å². The Hall–Kier alpha value is -1.00. The van der Waals surface area contributed by atoms with Crippen LogP contribution in [0, 0.1) is 17.6 Å². The van der Waals surface area contributed by atoms with E-state index in [9.17, 15) is 8.78 Å². The Morgan fingerprint density at radius 1 is 1.35 bits per heavy atom. The van der Waals surface area contributed by atoms with E-state index >= 15 is 0 Å². The molecule has 17 heavy (non-hydrogen) atoms. The van der Waals surface area contributed by atoms with E-state index in [0.29, 0.717) is 6.54 Å². The van der Waals surface area contributed by atoms with E-state index in [1.54, 1.807) is 0 Å². The minimum Gasteiger partial charge on any atom is -0.330 e. The molecule has 2 atom stereocenters. The lowest BCUT2D eigenvalue weighted by atomic mass is 9.84. The van der Waals surface area contributed by atoms with Gasteiger partial charge in [0.1, 0.15) is 11.6 Å². The average Bonchev–Trinajstić information content (AvgIpc) is 2.30. The van der Waals surface area contributed by atoms with Crippen molar-refractivity contribution >= 4 is 0 Å². The Balaban J connectivity index is 2.41. The maximum absolute atomic E-state index is 13.8. The smallest absolute Gasteiger partial charge is 0.130 e. The number of halogens is 2. The maximum atomic E-state index is 13.8. The van der Waals surface area contributed by atoms with Gasteiger partial charge in [0.25, 0.3) is 0 Å². The highest BCUT2D eigenvalue weighted by atomic mass is 19.1. The van der Waals surface area contributed by atoms with Crippen LogP contribution in [-0.4, -0.2) is 25.0 Å². The van der Waals surface area contributed by atoms with Crippen LogP contribution in [0.1, 0.15) is 24.4 Å². The van der Waals surface area contributed by atoms with Gasteiger partial charge in [-0.2, -0.15) is 0 Å². The van der Waals surface area contributed by atoms with Gasteiger partial charge < -0.3 is 5.73 Å². The van der Waals surface area contributed by atoms with Crippen LogP contribution >= 0.6 is 0 Å². The standard InChI is InChI=1S/C13H18F2N2/c1-17-7-3-4-9(8-16)13(17)12-10(14)5-2-6-11(12)15/h2,5-6,9,13H,3-4,7-8,16H2,1H3. The first-order valence-corrected chi connectivity index (χ1v) is 5.99. The summed E-state index contributed by atoms with van der Waals surface area (Å²) >= 11 is 0. The Kier molecular flexibility index (Phi) is 3.74. The molecule has 2 rings (SSSR count). The molecule has 1 fully saturated rings. The van der Waals surface area contributed by atoms with Crippen molar-refractivity contribution in [2.45, 2.75) is 18.9 Å². The molecule has 0 saturated carbocycles. The normalized spacial score (nSPS) is 26.1. The molecule has 1 heterocycles. The molecule has 2 N–H and O–H groups in total. The van der Waals surface area contributed by atoms with Gasteiger partial charge in [0, 0.05) is 11.6 Å². The third-order valence-electron chi connectivity index (χ3n) is 3.61. The number of likely N-dealkylation sites (tertiary alicyclic amines) is 1. The maximum Gasteiger partial charge on any atom is 0.130 e. The molecule has 4 heteroatoms. The van der Waals surface area contributed by atoms with Crippen LogP contribution < -0.4 is 5.73 Å². The van der Waals surface area contributed by atoms with E-state index in [-0.39, 0.29) is 17.5 Å². The van der Waals surface area contributed by atoms with Crippen molar-refractivity contribution in [3.63, 3.8) is 0 Å². The highest BCUT2D eigenvalue weighted by Crippen LogP contribution is 2.36. The molecule has 1 aliphatic rings. The highest BCUT2D eigenvalue weighted by molar-refractivity contribution is 5.24. The molecule has 94 valence electrons. The second-order valence-electron chi connectivity index (χ2n) is 4.70. The second-order valence-corrected chi connectivity index (χ2v) is 4.70. The summed E-state index contributed by atoms with van der Waals surface area (Å²) < 4.78 is 27.6. The third kappa shape index (κ3) is 2.33. The van der Waals surface area contributed by atoms with Gasteiger partial charge in [-0.15, -0.1) is 0 Å². The summed E-state index contributed by atoms with van der Waals surface area (Å²) in [5, 5.41) is 0. The summed E-state index contributed by atoms with van der Waals surface area (Å²) in [4.78, 5) is 2.00. The van der Waals surface area contributed by atoms with E-state index in [4.69, 9.17) is 5.73 Å². The van der Waals surface area contributed by atoms with Crippen molar-refractivity contribution in [2.24, 2.45) is 11.7 Å².